The van der Waals surface area contributed by atoms with Gasteiger partial charge >= 0.3 is 5.97 Å². The van der Waals surface area contributed by atoms with E-state index in [0.29, 0.717) is 21.4 Å². The maximum Gasteiger partial charge on any atom is 0.308 e. The molecule has 132 valence electrons. The number of nitrogens with one attached hydrogen (secondary N) is 1. The highest BCUT2D eigenvalue weighted by molar-refractivity contribution is 9.10. The monoisotopic (exact) mass is 430 g/mol. The number of aliphatic imine (C=N–C) groups is 1. The van der Waals surface area contributed by atoms with Crippen LogP contribution in [0, 0.1) is 6.92 Å². The summed E-state index contributed by atoms with van der Waals surface area (Å²) in [7, 11) is 0. The van der Waals surface area contributed by atoms with Crippen molar-refractivity contribution in [1.29, 1.82) is 0 Å². The van der Waals surface area contributed by atoms with Crippen molar-refractivity contribution >= 4 is 56.5 Å². The van der Waals surface area contributed by atoms with Gasteiger partial charge in [-0.2, -0.15) is 0 Å². The number of benzene rings is 2. The fraction of sp³-hybridized carbons (Fsp3) is 0.105. The Morgan fingerprint density at radius 1 is 1.23 bits per heavy atom. The number of halogens is 1. The number of amides is 1. The first-order valence-electron chi connectivity index (χ1n) is 7.75. The number of ether oxygens (including phenoxy) is 1. The van der Waals surface area contributed by atoms with E-state index in [1.807, 2.05) is 31.2 Å². The number of amidine groups is 1. The molecule has 2 aromatic carbocycles. The number of hydrogen-bond donors (Lipinski definition) is 1. The molecule has 0 saturated carbocycles. The van der Waals surface area contributed by atoms with Crippen LogP contribution in [-0.2, 0) is 9.59 Å². The molecule has 2 aromatic rings. The number of hydrogen-bond acceptors (Lipinski definition) is 5. The molecule has 1 fully saturated rings. The number of nitrogens with zero attached hydrogens (tertiary/aromatic N) is 1. The summed E-state index contributed by atoms with van der Waals surface area (Å²) in [4.78, 5) is 28.4. The van der Waals surface area contributed by atoms with Gasteiger partial charge in [-0.1, -0.05) is 33.6 Å². The van der Waals surface area contributed by atoms with Crippen LogP contribution >= 0.6 is 27.7 Å². The van der Waals surface area contributed by atoms with Crippen molar-refractivity contribution in [2.24, 2.45) is 4.99 Å². The zero-order valence-electron chi connectivity index (χ0n) is 14.1. The Balaban J connectivity index is 1.88. The number of aryl methyl sites for hydroxylation is 1. The van der Waals surface area contributed by atoms with Crippen molar-refractivity contribution in [3.05, 3.63) is 63.0 Å². The lowest BCUT2D eigenvalue weighted by atomic mass is 10.2. The summed E-state index contributed by atoms with van der Waals surface area (Å²) in [6.45, 7) is 3.34. The normalized spacial score (nSPS) is 16.8. The van der Waals surface area contributed by atoms with Crippen LogP contribution < -0.4 is 10.1 Å². The van der Waals surface area contributed by atoms with Crippen LogP contribution in [0.1, 0.15) is 18.1 Å². The van der Waals surface area contributed by atoms with Gasteiger partial charge in [-0.15, -0.1) is 0 Å². The number of rotatable bonds is 3. The van der Waals surface area contributed by atoms with Gasteiger partial charge in [0.05, 0.1) is 10.6 Å². The molecule has 0 aliphatic carbocycles. The number of carbonyl (C=O) groups is 2. The molecule has 1 aliphatic rings. The minimum Gasteiger partial charge on any atom is -0.426 e. The second-order valence-corrected chi connectivity index (χ2v) is 7.54. The van der Waals surface area contributed by atoms with E-state index in [1.54, 1.807) is 24.3 Å². The van der Waals surface area contributed by atoms with E-state index in [4.69, 9.17) is 4.74 Å². The predicted octanol–water partition coefficient (Wildman–Crippen LogP) is 4.57. The summed E-state index contributed by atoms with van der Waals surface area (Å²) in [6.07, 6.45) is 1.68. The molecular formula is C19H15BrN2O3S. The van der Waals surface area contributed by atoms with E-state index in [9.17, 15) is 9.59 Å². The van der Waals surface area contributed by atoms with Gasteiger partial charge in [0.1, 0.15) is 5.75 Å². The van der Waals surface area contributed by atoms with Gasteiger partial charge in [0.15, 0.2) is 5.17 Å². The third-order valence-corrected chi connectivity index (χ3v) is 4.83. The van der Waals surface area contributed by atoms with Gasteiger partial charge in [-0.25, -0.2) is 4.99 Å². The van der Waals surface area contributed by atoms with Crippen molar-refractivity contribution in [2.75, 3.05) is 0 Å². The van der Waals surface area contributed by atoms with Gasteiger partial charge in [-0.3, -0.25) is 9.59 Å². The minimum absolute atomic E-state index is 0.241. The fourth-order valence-corrected chi connectivity index (χ4v) is 3.45. The molecule has 26 heavy (non-hydrogen) atoms. The zero-order valence-corrected chi connectivity index (χ0v) is 16.5. The molecule has 1 saturated heterocycles. The Hall–Kier alpha value is -2.38. The van der Waals surface area contributed by atoms with Crippen molar-refractivity contribution in [3.63, 3.8) is 0 Å². The number of carbonyl (C=O) groups excluding carboxylic acids is 2. The molecule has 3 rings (SSSR count). The van der Waals surface area contributed by atoms with Crippen molar-refractivity contribution in [3.8, 4) is 5.75 Å². The van der Waals surface area contributed by atoms with Gasteiger partial charge in [-0.05, 0) is 55.1 Å². The maximum atomic E-state index is 12.3. The molecule has 0 aromatic heterocycles. The molecule has 1 N–H and O–H groups in total. The third-order valence-electron chi connectivity index (χ3n) is 3.43. The fourth-order valence-electron chi connectivity index (χ4n) is 2.24. The van der Waals surface area contributed by atoms with E-state index in [1.165, 1.54) is 18.7 Å². The molecule has 0 spiro atoms. The molecule has 1 heterocycles. The first-order valence-corrected chi connectivity index (χ1v) is 9.36. The first kappa shape index (κ1) is 18.4. The molecule has 5 nitrogen and oxygen atoms in total. The van der Waals surface area contributed by atoms with Crippen LogP contribution in [0.25, 0.3) is 6.08 Å². The molecule has 1 amide bonds. The lowest BCUT2D eigenvalue weighted by Crippen LogP contribution is -2.19. The van der Waals surface area contributed by atoms with Crippen LogP contribution in [0.2, 0.25) is 0 Å². The molecule has 0 radical (unpaired) electrons. The molecule has 0 unspecified atom stereocenters. The van der Waals surface area contributed by atoms with Crippen LogP contribution in [0.3, 0.4) is 0 Å². The highest BCUT2D eigenvalue weighted by Crippen LogP contribution is 2.32. The minimum atomic E-state index is -0.419. The van der Waals surface area contributed by atoms with Crippen LogP contribution in [0.4, 0.5) is 5.69 Å². The Bertz CT molecular complexity index is 936. The van der Waals surface area contributed by atoms with Crippen molar-refractivity contribution in [2.45, 2.75) is 13.8 Å². The first-order chi connectivity index (χ1) is 12.4. The second kappa shape index (κ2) is 7.88. The van der Waals surface area contributed by atoms with E-state index >= 15 is 0 Å². The van der Waals surface area contributed by atoms with E-state index in [-0.39, 0.29) is 5.91 Å². The SMILES string of the molecule is CC(=O)Oc1ccc(Br)cc1/C=C1\SC(=Nc2ccc(C)cc2)NC1=O. The summed E-state index contributed by atoms with van der Waals surface area (Å²) in [6, 6.07) is 12.9. The number of esters is 1. The largest absolute Gasteiger partial charge is 0.426 e. The van der Waals surface area contributed by atoms with Gasteiger partial charge in [0.25, 0.3) is 5.91 Å². The van der Waals surface area contributed by atoms with E-state index < -0.39 is 5.97 Å². The van der Waals surface area contributed by atoms with Crippen molar-refractivity contribution < 1.29 is 14.3 Å². The molecule has 0 bridgehead atoms. The summed E-state index contributed by atoms with van der Waals surface area (Å²) < 4.78 is 6.02. The Morgan fingerprint density at radius 3 is 2.65 bits per heavy atom. The summed E-state index contributed by atoms with van der Waals surface area (Å²) >= 11 is 4.63. The third kappa shape index (κ3) is 4.62. The quantitative estimate of drug-likeness (QED) is 0.439. The lowest BCUT2D eigenvalue weighted by molar-refractivity contribution is -0.131. The molecule has 7 heteroatoms. The van der Waals surface area contributed by atoms with Gasteiger partial charge in [0, 0.05) is 17.0 Å². The van der Waals surface area contributed by atoms with Gasteiger partial charge in [0.2, 0.25) is 0 Å². The van der Waals surface area contributed by atoms with E-state index in [0.717, 1.165) is 15.7 Å². The average Bonchev–Trinajstić information content (AvgIpc) is 2.91. The highest BCUT2D eigenvalue weighted by atomic mass is 79.9. The number of thioether (sulfide) groups is 1. The Morgan fingerprint density at radius 2 is 1.96 bits per heavy atom. The predicted molar refractivity (Wildman–Crippen MR) is 107 cm³/mol. The average molecular weight is 431 g/mol. The van der Waals surface area contributed by atoms with Crippen LogP contribution in [0.5, 0.6) is 5.75 Å². The lowest BCUT2D eigenvalue weighted by Gasteiger charge is -2.06. The Kier molecular flexibility index (Phi) is 5.58. The standard InChI is InChI=1S/C19H15BrN2O3S/c1-11-3-6-15(7-4-11)21-19-22-18(24)17(26-19)10-13-9-14(20)5-8-16(13)25-12(2)23/h3-10H,1-2H3,(H,21,22,24)/b17-10-. The second-order valence-electron chi connectivity index (χ2n) is 5.59. The maximum absolute atomic E-state index is 12.3. The van der Waals surface area contributed by atoms with Crippen LogP contribution in [-0.4, -0.2) is 17.0 Å². The zero-order chi connectivity index (χ0) is 18.7. The summed E-state index contributed by atoms with van der Waals surface area (Å²) in [5.74, 6) is -0.266. The van der Waals surface area contributed by atoms with E-state index in [2.05, 4.69) is 26.2 Å². The van der Waals surface area contributed by atoms with Crippen molar-refractivity contribution in [1.82, 2.24) is 5.32 Å². The molecule has 1 aliphatic heterocycles. The van der Waals surface area contributed by atoms with Gasteiger partial charge < -0.3 is 10.1 Å². The molecular weight excluding hydrogens is 416 g/mol. The summed E-state index contributed by atoms with van der Waals surface area (Å²) in [5.41, 5.74) is 2.54. The molecule has 0 atom stereocenters. The topological polar surface area (TPSA) is 67.8 Å². The highest BCUT2D eigenvalue weighted by Gasteiger charge is 2.24. The smallest absolute Gasteiger partial charge is 0.308 e. The summed E-state index contributed by atoms with van der Waals surface area (Å²) in [5, 5.41) is 3.26. The Labute approximate surface area is 163 Å². The van der Waals surface area contributed by atoms with Crippen LogP contribution in [0.15, 0.2) is 56.8 Å².